The Labute approximate surface area is 116 Å². The molecule has 0 aliphatic carbocycles. The van der Waals surface area contributed by atoms with Crippen molar-refractivity contribution in [3.8, 4) is 28.5 Å². The molecule has 0 bridgehead atoms. The summed E-state index contributed by atoms with van der Waals surface area (Å²) in [6.07, 6.45) is 0.411. The number of hydrogen-bond acceptors (Lipinski definition) is 6. The Bertz CT molecular complexity index is 554. The summed E-state index contributed by atoms with van der Waals surface area (Å²) < 4.78 is 21.1. The fourth-order valence-corrected chi connectivity index (χ4v) is 1.92. The summed E-state index contributed by atoms with van der Waals surface area (Å²) in [7, 11) is 4.70. The van der Waals surface area contributed by atoms with E-state index in [4.69, 9.17) is 23.8 Å². The van der Waals surface area contributed by atoms with Crippen molar-refractivity contribution in [2.75, 3.05) is 27.9 Å². The van der Waals surface area contributed by atoms with Gasteiger partial charge >= 0.3 is 0 Å². The van der Waals surface area contributed by atoms with Crippen molar-refractivity contribution in [1.29, 1.82) is 0 Å². The van der Waals surface area contributed by atoms with Gasteiger partial charge in [-0.25, -0.2) is 0 Å². The molecule has 0 saturated heterocycles. The van der Waals surface area contributed by atoms with Crippen LogP contribution in [0, 0.1) is 0 Å². The van der Waals surface area contributed by atoms with Gasteiger partial charge in [0.2, 0.25) is 0 Å². The summed E-state index contributed by atoms with van der Waals surface area (Å²) in [5.41, 5.74) is 1.27. The predicted octanol–water partition coefficient (Wildman–Crippen LogP) is 1.90. The number of aliphatic hydroxyl groups is 1. The third-order valence-electron chi connectivity index (χ3n) is 2.89. The van der Waals surface area contributed by atoms with Crippen LogP contribution in [0.25, 0.3) is 11.3 Å². The molecule has 1 N–H and O–H groups in total. The fraction of sp³-hybridized carbons (Fsp3) is 0.357. The Morgan fingerprint density at radius 1 is 1.05 bits per heavy atom. The van der Waals surface area contributed by atoms with Crippen LogP contribution in [0.4, 0.5) is 0 Å². The molecule has 0 aliphatic rings. The summed E-state index contributed by atoms with van der Waals surface area (Å²) >= 11 is 0. The average Bonchev–Trinajstić information content (AvgIpc) is 2.94. The molecule has 0 fully saturated rings. The van der Waals surface area contributed by atoms with Crippen LogP contribution in [-0.2, 0) is 6.42 Å². The summed E-state index contributed by atoms with van der Waals surface area (Å²) in [4.78, 5) is 0. The van der Waals surface area contributed by atoms with Crippen molar-refractivity contribution >= 4 is 0 Å². The van der Waals surface area contributed by atoms with Crippen LogP contribution < -0.4 is 14.2 Å². The third-order valence-corrected chi connectivity index (χ3v) is 2.89. The summed E-state index contributed by atoms with van der Waals surface area (Å²) in [5, 5.41) is 12.9. The second-order valence-electron chi connectivity index (χ2n) is 4.06. The molecule has 0 aliphatic heterocycles. The summed E-state index contributed by atoms with van der Waals surface area (Å²) in [5.74, 6) is 2.37. The highest BCUT2D eigenvalue weighted by atomic mass is 16.5. The van der Waals surface area contributed by atoms with Gasteiger partial charge in [0.1, 0.15) is 28.7 Å². The molecule has 108 valence electrons. The lowest BCUT2D eigenvalue weighted by atomic mass is 10.1. The van der Waals surface area contributed by atoms with E-state index in [9.17, 15) is 0 Å². The maximum Gasteiger partial charge on any atom is 0.139 e. The van der Waals surface area contributed by atoms with Gasteiger partial charge in [-0.2, -0.15) is 0 Å². The molecule has 1 aromatic carbocycles. The van der Waals surface area contributed by atoms with E-state index in [0.717, 1.165) is 0 Å². The highest BCUT2D eigenvalue weighted by molar-refractivity contribution is 5.75. The van der Waals surface area contributed by atoms with E-state index >= 15 is 0 Å². The van der Waals surface area contributed by atoms with Gasteiger partial charge in [-0.15, -0.1) is 0 Å². The highest BCUT2D eigenvalue weighted by Crippen LogP contribution is 2.41. The first-order chi connectivity index (χ1) is 9.73. The van der Waals surface area contributed by atoms with Crippen molar-refractivity contribution in [2.24, 2.45) is 0 Å². The zero-order chi connectivity index (χ0) is 14.5. The topological polar surface area (TPSA) is 74.0 Å². The quantitative estimate of drug-likeness (QED) is 0.870. The third kappa shape index (κ3) is 2.70. The molecule has 0 amide bonds. The van der Waals surface area contributed by atoms with Gasteiger partial charge in [0, 0.05) is 24.6 Å². The van der Waals surface area contributed by atoms with E-state index in [0.29, 0.717) is 40.7 Å². The van der Waals surface area contributed by atoms with Crippen molar-refractivity contribution in [3.63, 3.8) is 0 Å². The van der Waals surface area contributed by atoms with Crippen LogP contribution in [0.5, 0.6) is 17.2 Å². The Balaban J connectivity index is 2.52. The lowest BCUT2D eigenvalue weighted by molar-refractivity contribution is 0.277. The smallest absolute Gasteiger partial charge is 0.139 e. The number of rotatable bonds is 6. The molecule has 1 heterocycles. The minimum atomic E-state index is 0.00547. The number of hydrogen-bond donors (Lipinski definition) is 1. The second-order valence-corrected chi connectivity index (χ2v) is 4.06. The van der Waals surface area contributed by atoms with Crippen molar-refractivity contribution in [3.05, 3.63) is 24.0 Å². The molecule has 2 rings (SSSR count). The van der Waals surface area contributed by atoms with Crippen molar-refractivity contribution in [2.45, 2.75) is 6.42 Å². The number of benzene rings is 1. The SMILES string of the molecule is COc1cc(OC)c(-c2cc(CCO)on2)c(OC)c1. The van der Waals surface area contributed by atoms with E-state index in [2.05, 4.69) is 5.16 Å². The highest BCUT2D eigenvalue weighted by Gasteiger charge is 2.18. The van der Waals surface area contributed by atoms with E-state index in [1.807, 2.05) is 0 Å². The van der Waals surface area contributed by atoms with E-state index in [1.54, 1.807) is 39.5 Å². The van der Waals surface area contributed by atoms with E-state index in [-0.39, 0.29) is 6.61 Å². The first-order valence-electron chi connectivity index (χ1n) is 6.10. The van der Waals surface area contributed by atoms with E-state index < -0.39 is 0 Å². The molecule has 0 atom stereocenters. The maximum absolute atomic E-state index is 8.92. The zero-order valence-corrected chi connectivity index (χ0v) is 11.7. The standard InChI is InChI=1S/C14H17NO5/c1-17-10-7-12(18-2)14(13(8-10)19-3)11-6-9(4-5-16)20-15-11/h6-8,16H,4-5H2,1-3H3. The Morgan fingerprint density at radius 2 is 1.70 bits per heavy atom. The number of ether oxygens (including phenoxy) is 3. The Kier molecular flexibility index (Phi) is 4.47. The maximum atomic E-state index is 8.92. The number of methoxy groups -OCH3 is 3. The van der Waals surface area contributed by atoms with Gasteiger partial charge < -0.3 is 23.8 Å². The normalized spacial score (nSPS) is 10.4. The van der Waals surface area contributed by atoms with Gasteiger partial charge in [0.05, 0.1) is 33.5 Å². The van der Waals surface area contributed by atoms with Gasteiger partial charge in [-0.1, -0.05) is 5.16 Å². The monoisotopic (exact) mass is 279 g/mol. The minimum Gasteiger partial charge on any atom is -0.496 e. The fourth-order valence-electron chi connectivity index (χ4n) is 1.92. The zero-order valence-electron chi connectivity index (χ0n) is 11.7. The lowest BCUT2D eigenvalue weighted by Crippen LogP contribution is -1.95. The van der Waals surface area contributed by atoms with Gasteiger partial charge in [-0.05, 0) is 0 Å². The molecule has 1 aromatic heterocycles. The second kappa shape index (κ2) is 6.29. The molecule has 6 nitrogen and oxygen atoms in total. The van der Waals surface area contributed by atoms with Crippen LogP contribution in [0.2, 0.25) is 0 Å². The van der Waals surface area contributed by atoms with Crippen molar-refractivity contribution in [1.82, 2.24) is 5.16 Å². The Hall–Kier alpha value is -2.21. The average molecular weight is 279 g/mol. The van der Waals surface area contributed by atoms with E-state index in [1.165, 1.54) is 0 Å². The molecular weight excluding hydrogens is 262 g/mol. The largest absolute Gasteiger partial charge is 0.496 e. The minimum absolute atomic E-state index is 0.00547. The van der Waals surface area contributed by atoms with Crippen LogP contribution in [-0.4, -0.2) is 38.2 Å². The molecule has 0 saturated carbocycles. The summed E-state index contributed by atoms with van der Waals surface area (Å²) in [6, 6.07) is 5.25. The van der Waals surface area contributed by atoms with Gasteiger partial charge in [-0.3, -0.25) is 0 Å². The molecule has 0 unspecified atom stereocenters. The summed E-state index contributed by atoms with van der Waals surface area (Å²) in [6.45, 7) is 0.00547. The van der Waals surface area contributed by atoms with Crippen molar-refractivity contribution < 1.29 is 23.8 Å². The van der Waals surface area contributed by atoms with Crippen LogP contribution in [0.1, 0.15) is 5.76 Å². The first kappa shape index (κ1) is 14.2. The molecule has 0 spiro atoms. The van der Waals surface area contributed by atoms with Gasteiger partial charge in [0.25, 0.3) is 0 Å². The number of aliphatic hydroxyl groups excluding tert-OH is 1. The number of nitrogens with zero attached hydrogens (tertiary/aromatic N) is 1. The van der Waals surface area contributed by atoms with Crippen LogP contribution in [0.15, 0.2) is 22.7 Å². The molecule has 20 heavy (non-hydrogen) atoms. The van der Waals surface area contributed by atoms with Gasteiger partial charge in [0.15, 0.2) is 0 Å². The van der Waals surface area contributed by atoms with Crippen LogP contribution in [0.3, 0.4) is 0 Å². The first-order valence-corrected chi connectivity index (χ1v) is 6.10. The van der Waals surface area contributed by atoms with Crippen LogP contribution >= 0.6 is 0 Å². The molecule has 6 heteroatoms. The lowest BCUT2D eigenvalue weighted by Gasteiger charge is -2.13. The molecule has 0 radical (unpaired) electrons. The number of aromatic nitrogens is 1. The Morgan fingerprint density at radius 3 is 2.20 bits per heavy atom. The molecule has 2 aromatic rings. The predicted molar refractivity (Wildman–Crippen MR) is 72.4 cm³/mol. The molecular formula is C14H17NO5.